The molecule has 4 nitrogen and oxygen atoms in total. The molecule has 0 atom stereocenters. The van der Waals surface area contributed by atoms with Crippen molar-refractivity contribution in [1.29, 1.82) is 5.26 Å². The summed E-state index contributed by atoms with van der Waals surface area (Å²) < 4.78 is 0. The summed E-state index contributed by atoms with van der Waals surface area (Å²) in [6.07, 6.45) is 0. The van der Waals surface area contributed by atoms with E-state index in [0.717, 1.165) is 44.9 Å². The quantitative estimate of drug-likeness (QED) is 0.126. The second-order valence-corrected chi connectivity index (χ2v) is 17.0. The van der Waals surface area contributed by atoms with Crippen LogP contribution in [0, 0.1) is 31.8 Å². The van der Waals surface area contributed by atoms with Gasteiger partial charge in [0.25, 0.3) is 0 Å². The Bertz CT molecular complexity index is 2620. The Hall–Kier alpha value is -6.62. The highest BCUT2D eigenvalue weighted by Gasteiger charge is 2.25. The van der Waals surface area contributed by atoms with Crippen LogP contribution < -0.4 is 9.80 Å². The van der Waals surface area contributed by atoms with Crippen LogP contribution in [0.5, 0.6) is 0 Å². The Morgan fingerprint density at radius 2 is 0.821 bits per heavy atom. The maximum atomic E-state index is 9.66. The Kier molecular flexibility index (Phi) is 8.83. The van der Waals surface area contributed by atoms with Crippen molar-refractivity contribution in [1.82, 2.24) is 0 Å². The van der Waals surface area contributed by atoms with Crippen molar-refractivity contribution >= 4 is 72.1 Å². The zero-order valence-electron chi connectivity index (χ0n) is 33.5. The number of benzene rings is 8. The molecule has 0 aliphatic rings. The molecule has 0 heterocycles. The molecule has 0 spiro atoms. The molecule has 8 aromatic carbocycles. The zero-order valence-corrected chi connectivity index (χ0v) is 33.5. The van der Waals surface area contributed by atoms with Gasteiger partial charge in [-0.3, -0.25) is 0 Å². The molecule has 0 N–H and O–H groups in total. The number of hydrogen-bond acceptors (Lipinski definition) is 3. The van der Waals surface area contributed by atoms with Crippen molar-refractivity contribution in [2.75, 3.05) is 9.80 Å². The highest BCUT2D eigenvalue weighted by atomic mass is 15.1. The van der Waals surface area contributed by atoms with Gasteiger partial charge in [-0.1, -0.05) is 102 Å². The van der Waals surface area contributed by atoms with Crippen LogP contribution in [-0.2, 0) is 10.8 Å². The Morgan fingerprint density at radius 3 is 1.16 bits per heavy atom. The van der Waals surface area contributed by atoms with Crippen LogP contribution in [0.15, 0.2) is 133 Å². The van der Waals surface area contributed by atoms with E-state index >= 15 is 0 Å². The summed E-state index contributed by atoms with van der Waals surface area (Å²) >= 11 is 0. The van der Waals surface area contributed by atoms with E-state index in [1.54, 1.807) is 0 Å². The monoisotopic (exact) mass is 726 g/mol. The van der Waals surface area contributed by atoms with Crippen molar-refractivity contribution in [2.24, 2.45) is 0 Å². The van der Waals surface area contributed by atoms with Gasteiger partial charge in [0.2, 0.25) is 0 Å². The maximum absolute atomic E-state index is 9.66. The van der Waals surface area contributed by atoms with Gasteiger partial charge in [-0.2, -0.15) is 5.26 Å². The second-order valence-electron chi connectivity index (χ2n) is 17.0. The minimum Gasteiger partial charge on any atom is -0.310 e. The molecule has 0 unspecified atom stereocenters. The molecule has 0 bridgehead atoms. The summed E-state index contributed by atoms with van der Waals surface area (Å²) in [5, 5.41) is 16.9. The van der Waals surface area contributed by atoms with E-state index in [0.29, 0.717) is 11.3 Å². The van der Waals surface area contributed by atoms with Crippen molar-refractivity contribution in [2.45, 2.75) is 66.2 Å². The molecule has 274 valence electrons. The number of aryl methyl sites for hydroxylation is 2. The predicted octanol–water partition coefficient (Wildman–Crippen LogP) is 15.2. The van der Waals surface area contributed by atoms with Crippen LogP contribution in [0.1, 0.15) is 69.4 Å². The molecule has 0 saturated heterocycles. The normalized spacial score (nSPS) is 11.9. The van der Waals surface area contributed by atoms with E-state index in [9.17, 15) is 5.26 Å². The third-order valence-electron chi connectivity index (χ3n) is 11.2. The van der Waals surface area contributed by atoms with Crippen LogP contribution in [0.3, 0.4) is 0 Å². The summed E-state index contributed by atoms with van der Waals surface area (Å²) in [7, 11) is 0. The van der Waals surface area contributed by atoms with Crippen molar-refractivity contribution < 1.29 is 0 Å². The van der Waals surface area contributed by atoms with Gasteiger partial charge < -0.3 is 9.80 Å². The number of nitrogens with zero attached hydrogens (tertiary/aromatic N) is 4. The number of anilines is 6. The fourth-order valence-electron chi connectivity index (χ4n) is 8.11. The van der Waals surface area contributed by atoms with Gasteiger partial charge in [-0.05, 0) is 141 Å². The van der Waals surface area contributed by atoms with Crippen molar-refractivity contribution in [3.8, 4) is 6.07 Å². The summed E-state index contributed by atoms with van der Waals surface area (Å²) in [5.41, 5.74) is 12.5. The van der Waals surface area contributed by atoms with Gasteiger partial charge in [0.15, 0.2) is 5.69 Å². The Labute approximate surface area is 331 Å². The highest BCUT2D eigenvalue weighted by Crippen LogP contribution is 2.49. The molecule has 0 aliphatic heterocycles. The minimum atomic E-state index is 0.0263. The first-order valence-electron chi connectivity index (χ1n) is 19.3. The van der Waals surface area contributed by atoms with Gasteiger partial charge in [0, 0.05) is 33.5 Å². The van der Waals surface area contributed by atoms with E-state index in [-0.39, 0.29) is 10.8 Å². The standard InChI is InChI=1S/C52H46N4/c1-33-30-47(55(39-18-10-35(32-53)11-19-39)40-20-12-36(13-21-40)51(3,4)5)45-28-26-44-34(2)31-48(46-29-27-43(33)49(45)50(44)46)56(42-24-16-38(54-9)17-25-42)41-22-14-37(15-23-41)52(6,7)8/h10-31H,1-8H3. The first-order valence-corrected chi connectivity index (χ1v) is 19.3. The van der Waals surface area contributed by atoms with Gasteiger partial charge in [0.05, 0.1) is 29.6 Å². The third-order valence-corrected chi connectivity index (χ3v) is 11.2. The lowest BCUT2D eigenvalue weighted by molar-refractivity contribution is 0.590. The Balaban J connectivity index is 1.41. The highest BCUT2D eigenvalue weighted by molar-refractivity contribution is 6.29. The summed E-state index contributed by atoms with van der Waals surface area (Å²) in [5.74, 6) is 0. The topological polar surface area (TPSA) is 34.6 Å². The van der Waals surface area contributed by atoms with Crippen LogP contribution >= 0.6 is 0 Å². The molecule has 56 heavy (non-hydrogen) atoms. The zero-order chi connectivity index (χ0) is 39.5. The van der Waals surface area contributed by atoms with E-state index < -0.39 is 0 Å². The molecule has 0 amide bonds. The largest absolute Gasteiger partial charge is 0.310 e. The van der Waals surface area contributed by atoms with Gasteiger partial charge in [0.1, 0.15) is 0 Å². The molecular formula is C52H46N4. The van der Waals surface area contributed by atoms with Gasteiger partial charge in [-0.15, -0.1) is 0 Å². The lowest BCUT2D eigenvalue weighted by atomic mass is 9.86. The average molecular weight is 727 g/mol. The van der Waals surface area contributed by atoms with E-state index in [2.05, 4.69) is 173 Å². The molecule has 4 heteroatoms. The first-order chi connectivity index (χ1) is 26.8. The number of hydrogen-bond donors (Lipinski definition) is 0. The summed E-state index contributed by atoms with van der Waals surface area (Å²) in [6, 6.07) is 49.7. The van der Waals surface area contributed by atoms with E-state index in [1.165, 1.54) is 43.8 Å². The molecule has 0 radical (unpaired) electrons. The SMILES string of the molecule is [C-]#[N+]c1ccc(N(c2ccc(C(C)(C)C)cc2)c2cc(C)c3ccc4c(N(c5ccc(C#N)cc5)c5ccc(C(C)(C)C)cc5)cc(C)c5ccc2c3c54)cc1. The van der Waals surface area contributed by atoms with Crippen LogP contribution in [-0.4, -0.2) is 0 Å². The molecule has 8 aromatic rings. The van der Waals surface area contributed by atoms with Crippen molar-refractivity contribution in [3.05, 3.63) is 173 Å². The Morgan fingerprint density at radius 1 is 0.482 bits per heavy atom. The van der Waals surface area contributed by atoms with Crippen LogP contribution in [0.25, 0.3) is 37.2 Å². The fourth-order valence-corrected chi connectivity index (χ4v) is 8.11. The minimum absolute atomic E-state index is 0.0263. The molecule has 8 rings (SSSR count). The van der Waals surface area contributed by atoms with Crippen LogP contribution in [0.2, 0.25) is 0 Å². The van der Waals surface area contributed by atoms with E-state index in [4.69, 9.17) is 6.57 Å². The molecular weight excluding hydrogens is 681 g/mol. The number of nitriles is 1. The smallest absolute Gasteiger partial charge is 0.187 e. The summed E-state index contributed by atoms with van der Waals surface area (Å²) in [6.45, 7) is 25.5. The van der Waals surface area contributed by atoms with Gasteiger partial charge >= 0.3 is 0 Å². The predicted molar refractivity (Wildman–Crippen MR) is 237 cm³/mol. The first kappa shape index (κ1) is 36.4. The molecule has 0 saturated carbocycles. The molecule has 0 fully saturated rings. The van der Waals surface area contributed by atoms with Crippen LogP contribution in [0.4, 0.5) is 39.8 Å². The second kappa shape index (κ2) is 13.6. The fraction of sp³-hybridized carbons (Fsp3) is 0.192. The lowest BCUT2D eigenvalue weighted by Gasteiger charge is -2.31. The number of rotatable bonds is 6. The van der Waals surface area contributed by atoms with Crippen molar-refractivity contribution in [3.63, 3.8) is 0 Å². The molecule has 0 aromatic heterocycles. The summed E-state index contributed by atoms with van der Waals surface area (Å²) in [4.78, 5) is 8.36. The maximum Gasteiger partial charge on any atom is 0.187 e. The third kappa shape index (κ3) is 6.28. The lowest BCUT2D eigenvalue weighted by Crippen LogP contribution is -2.14. The molecule has 0 aliphatic carbocycles. The van der Waals surface area contributed by atoms with Gasteiger partial charge in [-0.25, -0.2) is 4.85 Å². The average Bonchev–Trinajstić information content (AvgIpc) is 3.19. The van der Waals surface area contributed by atoms with E-state index in [1.807, 2.05) is 36.4 Å².